The molecule has 0 radical (unpaired) electrons. The van der Waals surface area contributed by atoms with Crippen LogP contribution in [0, 0.1) is 0 Å². The molecule has 0 aliphatic carbocycles. The van der Waals surface area contributed by atoms with Crippen molar-refractivity contribution in [3.63, 3.8) is 0 Å². The van der Waals surface area contributed by atoms with Gasteiger partial charge in [-0.25, -0.2) is 9.59 Å². The summed E-state index contributed by atoms with van der Waals surface area (Å²) in [6.45, 7) is 1.97. The molecule has 7 heteroatoms. The molecule has 0 spiro atoms. The van der Waals surface area contributed by atoms with Crippen molar-refractivity contribution in [1.29, 1.82) is 0 Å². The summed E-state index contributed by atoms with van der Waals surface area (Å²) in [7, 11) is 0. The molecule has 0 aliphatic rings. The van der Waals surface area contributed by atoms with Crippen molar-refractivity contribution in [1.82, 2.24) is 0 Å². The van der Waals surface area contributed by atoms with E-state index in [1.54, 1.807) is 43.3 Å². The van der Waals surface area contributed by atoms with E-state index in [0.717, 1.165) is 0 Å². The number of hydrogen-bond acceptors (Lipinski definition) is 3. The van der Waals surface area contributed by atoms with Gasteiger partial charge in [0.1, 0.15) is 0 Å². The SMILES string of the molecule is CCOC(=O)c1ccccc1NC(=O)Nc1ccc(Cl)c(Cl)c1. The second kappa shape index (κ2) is 7.85. The number of carbonyl (C=O) groups excluding carboxylic acids is 2. The highest BCUT2D eigenvalue weighted by Gasteiger charge is 2.14. The first-order chi connectivity index (χ1) is 11.0. The zero-order chi connectivity index (χ0) is 16.8. The summed E-state index contributed by atoms with van der Waals surface area (Å²) in [6, 6.07) is 10.8. The van der Waals surface area contributed by atoms with Gasteiger partial charge in [-0.2, -0.15) is 0 Å². The van der Waals surface area contributed by atoms with Crippen LogP contribution in [0.5, 0.6) is 0 Å². The Hall–Kier alpha value is -2.24. The fraction of sp³-hybridized carbons (Fsp3) is 0.125. The molecule has 2 aromatic carbocycles. The molecule has 0 aromatic heterocycles. The number of halogens is 2. The molecule has 0 unspecified atom stereocenters. The van der Waals surface area contributed by atoms with E-state index < -0.39 is 12.0 Å². The molecule has 23 heavy (non-hydrogen) atoms. The first kappa shape index (κ1) is 17.1. The van der Waals surface area contributed by atoms with Crippen LogP contribution in [-0.2, 0) is 4.74 Å². The summed E-state index contributed by atoms with van der Waals surface area (Å²) in [6.07, 6.45) is 0. The van der Waals surface area contributed by atoms with E-state index in [1.165, 1.54) is 6.07 Å². The number of amides is 2. The van der Waals surface area contributed by atoms with E-state index in [0.29, 0.717) is 21.4 Å². The van der Waals surface area contributed by atoms with Crippen LogP contribution in [0.25, 0.3) is 0 Å². The van der Waals surface area contributed by atoms with Gasteiger partial charge < -0.3 is 15.4 Å². The van der Waals surface area contributed by atoms with Crippen LogP contribution in [0.4, 0.5) is 16.2 Å². The minimum Gasteiger partial charge on any atom is -0.462 e. The smallest absolute Gasteiger partial charge is 0.340 e. The van der Waals surface area contributed by atoms with Gasteiger partial charge in [0.25, 0.3) is 0 Å². The van der Waals surface area contributed by atoms with Crippen LogP contribution in [0.15, 0.2) is 42.5 Å². The lowest BCUT2D eigenvalue weighted by molar-refractivity contribution is 0.0527. The van der Waals surface area contributed by atoms with E-state index in [-0.39, 0.29) is 12.2 Å². The van der Waals surface area contributed by atoms with Crippen molar-refractivity contribution < 1.29 is 14.3 Å². The lowest BCUT2D eigenvalue weighted by Crippen LogP contribution is -2.21. The van der Waals surface area contributed by atoms with Crippen LogP contribution in [0.2, 0.25) is 10.0 Å². The van der Waals surface area contributed by atoms with E-state index in [1.807, 2.05) is 0 Å². The topological polar surface area (TPSA) is 67.4 Å². The molecule has 120 valence electrons. The third-order valence-corrected chi connectivity index (χ3v) is 3.59. The summed E-state index contributed by atoms with van der Waals surface area (Å²) in [4.78, 5) is 23.9. The summed E-state index contributed by atoms with van der Waals surface area (Å²) >= 11 is 11.7. The van der Waals surface area contributed by atoms with Crippen molar-refractivity contribution in [2.75, 3.05) is 17.2 Å². The van der Waals surface area contributed by atoms with Crippen molar-refractivity contribution in [3.05, 3.63) is 58.1 Å². The molecular weight excluding hydrogens is 339 g/mol. The molecule has 0 saturated carbocycles. The average molecular weight is 353 g/mol. The molecule has 0 fully saturated rings. The Balaban J connectivity index is 2.11. The lowest BCUT2D eigenvalue weighted by atomic mass is 10.2. The van der Waals surface area contributed by atoms with E-state index >= 15 is 0 Å². The summed E-state index contributed by atoms with van der Waals surface area (Å²) in [5.74, 6) is -0.502. The number of para-hydroxylation sites is 1. The van der Waals surface area contributed by atoms with Crippen molar-refractivity contribution >= 4 is 46.6 Å². The van der Waals surface area contributed by atoms with Crippen LogP contribution in [-0.4, -0.2) is 18.6 Å². The molecule has 2 amide bonds. The number of urea groups is 1. The summed E-state index contributed by atoms with van der Waals surface area (Å²) in [5.41, 5.74) is 1.10. The first-order valence-corrected chi connectivity index (χ1v) is 7.56. The van der Waals surface area contributed by atoms with Gasteiger partial charge in [-0.1, -0.05) is 35.3 Å². The van der Waals surface area contributed by atoms with Gasteiger partial charge in [0.2, 0.25) is 0 Å². The predicted octanol–water partition coefficient (Wildman–Crippen LogP) is 4.81. The molecule has 2 aromatic rings. The van der Waals surface area contributed by atoms with Gasteiger partial charge in [-0.15, -0.1) is 0 Å². The minimum absolute atomic E-state index is 0.253. The second-order valence-electron chi connectivity index (χ2n) is 4.47. The molecule has 0 saturated heterocycles. The van der Waals surface area contributed by atoms with E-state index in [4.69, 9.17) is 27.9 Å². The molecule has 0 bridgehead atoms. The van der Waals surface area contributed by atoms with Crippen LogP contribution >= 0.6 is 23.2 Å². The Bertz CT molecular complexity index is 735. The maximum Gasteiger partial charge on any atom is 0.340 e. The molecule has 0 heterocycles. The van der Waals surface area contributed by atoms with Gasteiger partial charge >= 0.3 is 12.0 Å². The number of rotatable bonds is 4. The van der Waals surface area contributed by atoms with Crippen LogP contribution in [0.1, 0.15) is 17.3 Å². The number of carbonyl (C=O) groups is 2. The number of anilines is 2. The van der Waals surface area contributed by atoms with Crippen molar-refractivity contribution in [3.8, 4) is 0 Å². The number of benzene rings is 2. The Kier molecular flexibility index (Phi) is 5.84. The molecule has 2 N–H and O–H groups in total. The Morgan fingerprint density at radius 3 is 2.48 bits per heavy atom. The van der Waals surface area contributed by atoms with Crippen LogP contribution < -0.4 is 10.6 Å². The summed E-state index contributed by atoms with van der Waals surface area (Å²) in [5, 5.41) is 5.94. The van der Waals surface area contributed by atoms with E-state index in [2.05, 4.69) is 10.6 Å². The van der Waals surface area contributed by atoms with Gasteiger partial charge in [0, 0.05) is 5.69 Å². The zero-order valence-electron chi connectivity index (χ0n) is 12.2. The van der Waals surface area contributed by atoms with Gasteiger partial charge in [-0.3, -0.25) is 0 Å². The third-order valence-electron chi connectivity index (χ3n) is 2.85. The first-order valence-electron chi connectivity index (χ1n) is 6.80. The monoisotopic (exact) mass is 352 g/mol. The third kappa shape index (κ3) is 4.61. The second-order valence-corrected chi connectivity index (χ2v) is 5.29. The molecule has 2 rings (SSSR count). The highest BCUT2D eigenvalue weighted by atomic mass is 35.5. The number of nitrogens with one attached hydrogen (secondary N) is 2. The predicted molar refractivity (Wildman–Crippen MR) is 91.5 cm³/mol. The molecule has 5 nitrogen and oxygen atoms in total. The Labute approximate surface area is 143 Å². The van der Waals surface area contributed by atoms with E-state index in [9.17, 15) is 9.59 Å². The van der Waals surface area contributed by atoms with Crippen molar-refractivity contribution in [2.24, 2.45) is 0 Å². The van der Waals surface area contributed by atoms with Gasteiger partial charge in [0.15, 0.2) is 0 Å². The molecular formula is C16H14Cl2N2O3. The number of ether oxygens (including phenoxy) is 1. The number of hydrogen-bond donors (Lipinski definition) is 2. The fourth-order valence-corrected chi connectivity index (χ4v) is 2.14. The fourth-order valence-electron chi connectivity index (χ4n) is 1.84. The van der Waals surface area contributed by atoms with Gasteiger partial charge in [0.05, 0.1) is 27.9 Å². The minimum atomic E-state index is -0.514. The summed E-state index contributed by atoms with van der Waals surface area (Å²) < 4.78 is 4.95. The standard InChI is InChI=1S/C16H14Cl2N2O3/c1-2-23-15(21)11-5-3-4-6-14(11)20-16(22)19-10-7-8-12(17)13(18)9-10/h3-9H,2H2,1H3,(H2,19,20,22). The Morgan fingerprint density at radius 1 is 1.04 bits per heavy atom. The Morgan fingerprint density at radius 2 is 1.78 bits per heavy atom. The maximum atomic E-state index is 12.1. The van der Waals surface area contributed by atoms with Crippen molar-refractivity contribution in [2.45, 2.75) is 6.92 Å². The highest BCUT2D eigenvalue weighted by Crippen LogP contribution is 2.25. The highest BCUT2D eigenvalue weighted by molar-refractivity contribution is 6.42. The maximum absolute atomic E-state index is 12.1. The van der Waals surface area contributed by atoms with Crippen LogP contribution in [0.3, 0.4) is 0 Å². The molecule has 0 aliphatic heterocycles. The zero-order valence-corrected chi connectivity index (χ0v) is 13.7. The van der Waals surface area contributed by atoms with Gasteiger partial charge in [-0.05, 0) is 37.3 Å². The number of esters is 1. The molecule has 0 atom stereocenters. The lowest BCUT2D eigenvalue weighted by Gasteiger charge is -2.11. The quantitative estimate of drug-likeness (QED) is 0.775. The normalized spacial score (nSPS) is 10.0. The largest absolute Gasteiger partial charge is 0.462 e. The average Bonchev–Trinajstić information content (AvgIpc) is 2.51.